The Bertz CT molecular complexity index is 4640. The van der Waals surface area contributed by atoms with Gasteiger partial charge in [0.05, 0.1) is 12.2 Å². The van der Waals surface area contributed by atoms with E-state index < -0.39 is 0 Å². The van der Waals surface area contributed by atoms with E-state index >= 15 is 0 Å². The Morgan fingerprint density at radius 3 is 1.26 bits per heavy atom. The first-order valence-corrected chi connectivity index (χ1v) is 27.7. The standard InChI is InChI=1S/C12H14N6O3S.C12H12N6O2S.C12H10N6O2S.C11H12N6O2S/c1-3-20-9-7-22-11(18-12(19)17(2)15-16-18)8(9)6-21-10-4-5-13-14-10;2*1-3-8-7-21-11(18-12(19)17(2)15-16-18)9(8)6-20-10-4-5-13-14-10;1-7-6-20-10(17-11(18)16(2)14-15-17)8(7)5-19-9-3-4-12-13-9/h4-5,7H,3,6H2,1-2H3,(H,13,14);3-5,7H,1,6H2,2H3,(H,13,14);1,4-5,7H,6H2,2H3,(H,13,14);3-4,6H,5H2,1-2H3,(H,12,13)/i/hT4. The van der Waals surface area contributed by atoms with E-state index in [-0.39, 0.29) is 49.2 Å². The minimum Gasteiger partial charge on any atom is -0.492 e. The van der Waals surface area contributed by atoms with Crippen molar-refractivity contribution in [2.24, 2.45) is 28.2 Å². The minimum atomic E-state index is -0.373. The number of terminal acetylenes is 1. The van der Waals surface area contributed by atoms with Gasteiger partial charge in [-0.3, -0.25) is 20.4 Å². The molecule has 37 heteroatoms. The van der Waals surface area contributed by atoms with Crippen molar-refractivity contribution in [3.05, 3.63) is 158 Å². The molecule has 0 saturated heterocycles. The lowest BCUT2D eigenvalue weighted by atomic mass is 10.2. The van der Waals surface area contributed by atoms with Gasteiger partial charge in [-0.25, -0.2) is 19.2 Å². The van der Waals surface area contributed by atoms with Gasteiger partial charge in [0.1, 0.15) is 52.2 Å². The second-order valence-corrected chi connectivity index (χ2v) is 20.0. The number of tetrazole rings is 4. The van der Waals surface area contributed by atoms with Crippen LogP contribution in [0.25, 0.3) is 26.1 Å². The average Bonchev–Trinajstić information content (AvgIpc) is 3.05. The van der Waals surface area contributed by atoms with Gasteiger partial charge < -0.3 is 23.7 Å². The number of aromatic nitrogens is 24. The molecule has 0 amide bonds. The van der Waals surface area contributed by atoms with Crippen LogP contribution < -0.4 is 46.4 Å². The summed E-state index contributed by atoms with van der Waals surface area (Å²) in [4.78, 5) is 48.0. The molecule has 0 bridgehead atoms. The van der Waals surface area contributed by atoms with E-state index in [9.17, 15) is 19.2 Å². The zero-order chi connectivity index (χ0) is 62.8. The Morgan fingerprint density at radius 2 is 0.881 bits per heavy atom. The molecule has 12 aromatic heterocycles. The minimum absolute atomic E-state index is 0.110. The van der Waals surface area contributed by atoms with Crippen LogP contribution in [0.2, 0.25) is 5.65 Å². The van der Waals surface area contributed by atoms with Crippen LogP contribution >= 0.6 is 45.3 Å². The second-order valence-electron chi connectivity index (χ2n) is 16.6. The van der Waals surface area contributed by atoms with Crippen molar-refractivity contribution >= 4 is 51.4 Å². The zero-order valence-corrected chi connectivity index (χ0v) is 48.1. The van der Waals surface area contributed by atoms with Gasteiger partial charge in [-0.15, -0.1) is 90.9 Å². The first-order chi connectivity index (χ1) is 42.3. The molecule has 0 atom stereocenters. The van der Waals surface area contributed by atoms with Gasteiger partial charge in [-0.2, -0.15) is 18.7 Å². The summed E-state index contributed by atoms with van der Waals surface area (Å²) in [5.74, 6) is 4.46. The third kappa shape index (κ3) is 13.1. The van der Waals surface area contributed by atoms with Gasteiger partial charge >= 0.3 is 22.8 Å². The van der Waals surface area contributed by atoms with Crippen LogP contribution in [0.5, 0.6) is 29.3 Å². The Labute approximate surface area is 493 Å². The van der Waals surface area contributed by atoms with Crippen LogP contribution in [0.15, 0.2) is 96.3 Å². The molecule has 4 N–H and O–H groups in total. The summed E-state index contributed by atoms with van der Waals surface area (Å²) in [5, 5.41) is 58.8. The molecule has 0 fully saturated rings. The van der Waals surface area contributed by atoms with E-state index in [1.165, 1.54) is 115 Å². The summed E-state index contributed by atoms with van der Waals surface area (Å²) in [5.41, 5.74) is 4.03. The van der Waals surface area contributed by atoms with Crippen LogP contribution in [-0.4, -0.2) is 127 Å². The van der Waals surface area contributed by atoms with Crippen molar-refractivity contribution in [3.63, 3.8) is 0 Å². The number of hydrogen-bond acceptors (Lipinski definition) is 25. The molecule has 0 aliphatic heterocycles. The average molecular weight is 1230 g/mol. The number of H-pyrrole nitrogens is 4. The lowest BCUT2D eigenvalue weighted by Gasteiger charge is -2.07. The predicted molar refractivity (Wildman–Crippen MR) is 304 cm³/mol. The third-order valence-corrected chi connectivity index (χ3v) is 15.3. The topological polar surface area (TPSA) is 372 Å². The highest BCUT2D eigenvalue weighted by molar-refractivity contribution is 7.13. The highest BCUT2D eigenvalue weighted by Crippen LogP contribution is 2.33. The van der Waals surface area contributed by atoms with Crippen molar-refractivity contribution in [1.29, 1.82) is 0 Å². The van der Waals surface area contributed by atoms with Crippen LogP contribution in [-0.2, 0) is 54.6 Å². The smallest absolute Gasteiger partial charge is 0.368 e. The third-order valence-electron chi connectivity index (χ3n) is 11.2. The molecule has 12 heterocycles. The fourth-order valence-electron chi connectivity index (χ4n) is 6.98. The van der Waals surface area contributed by atoms with Crippen molar-refractivity contribution in [1.82, 2.24) is 120 Å². The monoisotopic (exact) mass is 1230 g/mol. The molecule has 0 spiro atoms. The molecule has 12 rings (SSSR count). The van der Waals surface area contributed by atoms with E-state index in [1.807, 2.05) is 24.6 Å². The first-order valence-electron chi connectivity index (χ1n) is 25.9. The number of ether oxygens (including phenoxy) is 5. The number of thiophene rings is 4. The van der Waals surface area contributed by atoms with Gasteiger partial charge in [0, 0.05) is 116 Å². The highest BCUT2D eigenvalue weighted by atomic mass is 32.1. The summed E-state index contributed by atoms with van der Waals surface area (Å²) >= 11 is 5.36. The van der Waals surface area contributed by atoms with E-state index in [4.69, 9.17) is 35.8 Å². The number of nitrogens with zero attached hydrogens (tertiary/aromatic N) is 20. The van der Waals surface area contributed by atoms with E-state index in [2.05, 4.69) is 74.6 Å². The number of nitrogens with one attached hydrogen (secondary N) is 4. The number of aromatic amines is 4. The van der Waals surface area contributed by atoms with Crippen LogP contribution in [0.4, 0.5) is 0 Å². The molecule has 0 aliphatic rings. The molecule has 0 aromatic carbocycles. The Kier molecular flexibility index (Phi) is 16.8. The number of rotatable bonds is 19. The van der Waals surface area contributed by atoms with Crippen LogP contribution in [0.3, 0.4) is 0 Å². The van der Waals surface area contributed by atoms with Crippen LogP contribution in [0.1, 0.15) is 45.9 Å². The molecule has 84 heavy (non-hydrogen) atoms. The van der Waals surface area contributed by atoms with Crippen molar-refractivity contribution < 1.29 is 29.3 Å². The fraction of sp³-hybridized carbons (Fsp3) is 0.234. The van der Waals surface area contributed by atoms with Gasteiger partial charge in [0.2, 0.25) is 23.5 Å². The quantitative estimate of drug-likeness (QED) is 0.0845. The summed E-state index contributed by atoms with van der Waals surface area (Å²) < 4.78 is 66.4. The van der Waals surface area contributed by atoms with E-state index in [0.717, 1.165) is 56.7 Å². The molecular weight excluding hydrogens is 1170 g/mol. The van der Waals surface area contributed by atoms with Gasteiger partial charge in [-0.1, -0.05) is 18.6 Å². The van der Waals surface area contributed by atoms with Crippen molar-refractivity contribution in [2.45, 2.75) is 40.3 Å². The van der Waals surface area contributed by atoms with E-state index in [1.54, 1.807) is 48.1 Å². The molecule has 0 aliphatic carbocycles. The maximum absolute atomic E-state index is 12.1. The molecule has 12 aromatic rings. The van der Waals surface area contributed by atoms with Crippen molar-refractivity contribution in [2.75, 3.05) is 6.61 Å². The SMILES string of the molecule is [3H]n1ccc(OCc2c(C#C)csc2-n2nnn(C)c2=O)n1.[3H]n1ccc(OCc2c(C)csc2-n2nnn(C)c2=O)n1.[3H]n1ccc(OCc2c(C=C)csc2-n2nnn(C)c2=O)n1.[3H]n1ccc(OCc2c(OCC)csc2-n2nnn(C)c2=O)n1. The maximum atomic E-state index is 12.1. The van der Waals surface area contributed by atoms with Crippen molar-refractivity contribution in [3.8, 4) is 61.6 Å². The molecular formula is C47H48N24O9S4. The summed E-state index contributed by atoms with van der Waals surface area (Å²) in [6.45, 7) is 8.72. The largest absolute Gasteiger partial charge is 0.492 e. The van der Waals surface area contributed by atoms with Gasteiger partial charge in [-0.05, 0) is 72.1 Å². The van der Waals surface area contributed by atoms with Crippen LogP contribution in [0, 0.1) is 19.3 Å². The summed E-state index contributed by atoms with van der Waals surface area (Å²) in [7, 11) is 6.12. The lowest BCUT2D eigenvalue weighted by molar-refractivity contribution is 0.278. The Balaban J connectivity index is 0.000000140. The second kappa shape index (κ2) is 26.8. The lowest BCUT2D eigenvalue weighted by Crippen LogP contribution is -2.22. The van der Waals surface area contributed by atoms with Gasteiger partial charge in [0.25, 0.3) is 0 Å². The first kappa shape index (κ1) is 52.8. The molecule has 33 nitrogen and oxygen atoms in total. The predicted octanol–water partition coefficient (Wildman–Crippen LogP) is 2.65. The van der Waals surface area contributed by atoms with E-state index in [0.29, 0.717) is 72.6 Å². The molecule has 0 radical (unpaired) electrons. The molecule has 0 saturated carbocycles. The number of hydrogen-bond donors (Lipinski definition) is 4. The fourth-order valence-corrected chi connectivity index (χ4v) is 10.9. The summed E-state index contributed by atoms with van der Waals surface area (Å²) in [6.07, 6.45) is 13.0. The Morgan fingerprint density at radius 1 is 0.524 bits per heavy atom. The zero-order valence-electron chi connectivity index (χ0n) is 48.9. The van der Waals surface area contributed by atoms with Gasteiger partial charge in [0.15, 0.2) is 5.65 Å². The molecule has 0 unspecified atom stereocenters. The number of aryl methyl sites for hydroxylation is 5. The Hall–Kier alpha value is -10.6. The normalized spacial score (nSPS) is 11.4. The highest BCUT2D eigenvalue weighted by Gasteiger charge is 2.22. The maximum Gasteiger partial charge on any atom is 0.368 e. The molecule has 434 valence electrons. The summed E-state index contributed by atoms with van der Waals surface area (Å²) in [6, 6.07) is 6.32.